The van der Waals surface area contributed by atoms with Gasteiger partial charge in [-0.25, -0.2) is 0 Å². The fraction of sp³-hybridized carbons (Fsp3) is 0.455. The molecule has 2 N–H and O–H groups in total. The molecule has 1 saturated heterocycles. The average Bonchev–Trinajstić information content (AvgIpc) is 2.32. The number of nitro benzene ring substituents is 1. The highest BCUT2D eigenvalue weighted by Crippen LogP contribution is 2.35. The minimum Gasteiger partial charge on any atom is -0.393 e. The van der Waals surface area contributed by atoms with Gasteiger partial charge in [-0.05, 0) is 41.3 Å². The van der Waals surface area contributed by atoms with Crippen molar-refractivity contribution in [1.82, 2.24) is 0 Å². The van der Waals surface area contributed by atoms with Crippen LogP contribution in [0.15, 0.2) is 16.6 Å². The second-order valence-corrected chi connectivity index (χ2v) is 5.02. The van der Waals surface area contributed by atoms with Gasteiger partial charge in [0.05, 0.1) is 10.6 Å². The standard InChI is InChI=1S/C11H14BrN3O2/c12-8-6-11(15(16)17)9(13)7-10(8)14-4-2-1-3-5-14/h6-7H,1-5,13H2. The fourth-order valence-corrected chi connectivity index (χ4v) is 2.68. The first-order chi connectivity index (χ1) is 8.09. The van der Waals surface area contributed by atoms with Crippen LogP contribution in [-0.2, 0) is 0 Å². The number of benzene rings is 1. The van der Waals surface area contributed by atoms with E-state index < -0.39 is 4.92 Å². The second-order valence-electron chi connectivity index (χ2n) is 4.17. The van der Waals surface area contributed by atoms with E-state index in [4.69, 9.17) is 5.73 Å². The Bertz CT molecular complexity index is 445. The smallest absolute Gasteiger partial charge is 0.293 e. The molecule has 5 nitrogen and oxygen atoms in total. The van der Waals surface area contributed by atoms with Gasteiger partial charge in [0.25, 0.3) is 5.69 Å². The number of anilines is 2. The molecule has 0 amide bonds. The van der Waals surface area contributed by atoms with Crippen molar-refractivity contribution in [2.45, 2.75) is 19.3 Å². The Hall–Kier alpha value is -1.30. The Labute approximate surface area is 108 Å². The first-order valence-corrected chi connectivity index (χ1v) is 6.37. The van der Waals surface area contributed by atoms with E-state index in [0.717, 1.165) is 36.1 Å². The van der Waals surface area contributed by atoms with Crippen LogP contribution in [0.3, 0.4) is 0 Å². The van der Waals surface area contributed by atoms with Crippen LogP contribution < -0.4 is 10.6 Å². The van der Waals surface area contributed by atoms with E-state index in [9.17, 15) is 10.1 Å². The van der Waals surface area contributed by atoms with Crippen molar-refractivity contribution in [2.75, 3.05) is 23.7 Å². The Morgan fingerprint density at radius 2 is 1.94 bits per heavy atom. The molecular formula is C11H14BrN3O2. The molecule has 1 aliphatic rings. The molecule has 92 valence electrons. The van der Waals surface area contributed by atoms with Crippen molar-refractivity contribution in [3.63, 3.8) is 0 Å². The highest BCUT2D eigenvalue weighted by molar-refractivity contribution is 9.10. The molecule has 1 aliphatic heterocycles. The zero-order chi connectivity index (χ0) is 12.4. The number of nitrogens with zero attached hydrogens (tertiary/aromatic N) is 2. The third-order valence-corrected chi connectivity index (χ3v) is 3.62. The zero-order valence-electron chi connectivity index (χ0n) is 9.36. The lowest BCUT2D eigenvalue weighted by atomic mass is 10.1. The Balaban J connectivity index is 2.35. The molecule has 0 bridgehead atoms. The largest absolute Gasteiger partial charge is 0.393 e. The fourth-order valence-electron chi connectivity index (χ4n) is 2.10. The van der Waals surface area contributed by atoms with Crippen molar-refractivity contribution < 1.29 is 4.92 Å². The van der Waals surface area contributed by atoms with E-state index >= 15 is 0 Å². The van der Waals surface area contributed by atoms with Gasteiger partial charge in [-0.1, -0.05) is 0 Å². The molecule has 1 heterocycles. The van der Waals surface area contributed by atoms with E-state index in [1.54, 1.807) is 6.07 Å². The summed E-state index contributed by atoms with van der Waals surface area (Å²) in [5.74, 6) is 0. The Morgan fingerprint density at radius 3 is 2.53 bits per heavy atom. The van der Waals surface area contributed by atoms with E-state index in [-0.39, 0.29) is 11.4 Å². The normalized spacial score (nSPS) is 15.9. The van der Waals surface area contributed by atoms with Gasteiger partial charge in [0.1, 0.15) is 5.69 Å². The summed E-state index contributed by atoms with van der Waals surface area (Å²) in [5, 5.41) is 10.8. The molecular weight excluding hydrogens is 286 g/mol. The zero-order valence-corrected chi connectivity index (χ0v) is 10.9. The quantitative estimate of drug-likeness (QED) is 0.518. The summed E-state index contributed by atoms with van der Waals surface area (Å²) in [4.78, 5) is 12.5. The van der Waals surface area contributed by atoms with Crippen LogP contribution in [0.1, 0.15) is 19.3 Å². The maximum Gasteiger partial charge on any atom is 0.293 e. The van der Waals surface area contributed by atoms with Gasteiger partial charge in [0.2, 0.25) is 0 Å². The predicted molar refractivity (Wildman–Crippen MR) is 71.3 cm³/mol. The molecule has 17 heavy (non-hydrogen) atoms. The minimum atomic E-state index is -0.458. The third-order valence-electron chi connectivity index (χ3n) is 2.99. The molecule has 1 aromatic rings. The van der Waals surface area contributed by atoms with Crippen molar-refractivity contribution in [2.24, 2.45) is 0 Å². The van der Waals surface area contributed by atoms with Crippen LogP contribution in [0, 0.1) is 10.1 Å². The monoisotopic (exact) mass is 299 g/mol. The first kappa shape index (κ1) is 12.2. The summed E-state index contributed by atoms with van der Waals surface area (Å²) >= 11 is 3.38. The molecule has 6 heteroatoms. The van der Waals surface area contributed by atoms with E-state index in [0.29, 0.717) is 0 Å². The Morgan fingerprint density at radius 1 is 1.29 bits per heavy atom. The second kappa shape index (κ2) is 4.91. The molecule has 1 aromatic carbocycles. The highest BCUT2D eigenvalue weighted by atomic mass is 79.9. The summed E-state index contributed by atoms with van der Waals surface area (Å²) in [6.45, 7) is 1.96. The average molecular weight is 300 g/mol. The first-order valence-electron chi connectivity index (χ1n) is 5.58. The maximum absolute atomic E-state index is 10.8. The number of nitrogens with two attached hydrogens (primary N) is 1. The van der Waals surface area contributed by atoms with Crippen LogP contribution in [0.5, 0.6) is 0 Å². The molecule has 0 unspecified atom stereocenters. The van der Waals surface area contributed by atoms with Gasteiger partial charge in [0, 0.05) is 23.6 Å². The molecule has 0 atom stereocenters. The lowest BCUT2D eigenvalue weighted by molar-refractivity contribution is -0.384. The number of rotatable bonds is 2. The highest BCUT2D eigenvalue weighted by Gasteiger charge is 2.19. The molecule has 0 aromatic heterocycles. The summed E-state index contributed by atoms with van der Waals surface area (Å²) in [6.07, 6.45) is 3.56. The van der Waals surface area contributed by atoms with Crippen LogP contribution in [0.4, 0.5) is 17.1 Å². The molecule has 1 fully saturated rings. The van der Waals surface area contributed by atoms with E-state index in [2.05, 4.69) is 20.8 Å². The summed E-state index contributed by atoms with van der Waals surface area (Å²) in [6, 6.07) is 3.17. The van der Waals surface area contributed by atoms with Crippen molar-refractivity contribution in [1.29, 1.82) is 0 Å². The number of nitrogen functional groups attached to an aromatic ring is 1. The van der Waals surface area contributed by atoms with Gasteiger partial charge in [-0.2, -0.15) is 0 Å². The molecule has 0 aliphatic carbocycles. The third kappa shape index (κ3) is 2.52. The predicted octanol–water partition coefficient (Wildman–Crippen LogP) is 2.93. The van der Waals surface area contributed by atoms with Crippen LogP contribution in [0.25, 0.3) is 0 Å². The van der Waals surface area contributed by atoms with E-state index in [1.165, 1.54) is 12.5 Å². The topological polar surface area (TPSA) is 72.4 Å². The molecule has 0 radical (unpaired) electrons. The number of piperidine rings is 1. The maximum atomic E-state index is 10.8. The van der Waals surface area contributed by atoms with Gasteiger partial charge in [-0.3, -0.25) is 10.1 Å². The number of nitro groups is 1. The summed E-state index contributed by atoms with van der Waals surface area (Å²) in [7, 11) is 0. The summed E-state index contributed by atoms with van der Waals surface area (Å²) in [5.41, 5.74) is 6.84. The number of halogens is 1. The lowest BCUT2D eigenvalue weighted by Crippen LogP contribution is -2.29. The minimum absolute atomic E-state index is 0.0439. The van der Waals surface area contributed by atoms with Crippen molar-refractivity contribution in [3.8, 4) is 0 Å². The Kier molecular flexibility index (Phi) is 3.51. The van der Waals surface area contributed by atoms with Crippen LogP contribution in [0.2, 0.25) is 0 Å². The van der Waals surface area contributed by atoms with Crippen molar-refractivity contribution in [3.05, 3.63) is 26.7 Å². The SMILES string of the molecule is Nc1cc(N2CCCCC2)c(Br)cc1[N+](=O)[O-]. The lowest BCUT2D eigenvalue weighted by Gasteiger charge is -2.29. The molecule has 0 saturated carbocycles. The van der Waals surface area contributed by atoms with Gasteiger partial charge < -0.3 is 10.6 Å². The van der Waals surface area contributed by atoms with Gasteiger partial charge in [0.15, 0.2) is 0 Å². The van der Waals surface area contributed by atoms with Gasteiger partial charge in [-0.15, -0.1) is 0 Å². The molecule has 2 rings (SSSR count). The number of hydrogen-bond acceptors (Lipinski definition) is 4. The van der Waals surface area contributed by atoms with Gasteiger partial charge >= 0.3 is 0 Å². The van der Waals surface area contributed by atoms with E-state index in [1.807, 2.05) is 0 Å². The van der Waals surface area contributed by atoms with Crippen LogP contribution >= 0.6 is 15.9 Å². The molecule has 0 spiro atoms. The van der Waals surface area contributed by atoms with Crippen molar-refractivity contribution >= 4 is 33.0 Å². The summed E-state index contributed by atoms with van der Waals surface area (Å²) < 4.78 is 0.736. The van der Waals surface area contributed by atoms with Crippen LogP contribution in [-0.4, -0.2) is 18.0 Å². The number of hydrogen-bond donors (Lipinski definition) is 1.